The van der Waals surface area contributed by atoms with Gasteiger partial charge in [-0.25, -0.2) is 0 Å². The third-order valence-corrected chi connectivity index (χ3v) is 3.25. The first-order valence-electron chi connectivity index (χ1n) is 5.86. The van der Waals surface area contributed by atoms with Gasteiger partial charge in [-0.05, 0) is 25.8 Å². The Balaban J connectivity index is 2.71. The summed E-state index contributed by atoms with van der Waals surface area (Å²) in [7, 11) is 0. The molecule has 4 heteroatoms. The zero-order chi connectivity index (χ0) is 11.3. The number of hydrogen-bond acceptors (Lipinski definition) is 3. The molecule has 1 amide bonds. The van der Waals surface area contributed by atoms with Crippen LogP contribution in [0.4, 0.5) is 0 Å². The number of likely N-dealkylation sites (tertiary alicyclic amines) is 1. The summed E-state index contributed by atoms with van der Waals surface area (Å²) in [6.07, 6.45) is 5.12. The normalized spacial score (nSPS) is 25.9. The third-order valence-electron chi connectivity index (χ3n) is 3.25. The Labute approximate surface area is 91.4 Å². The molecular weight excluding hydrogens is 192 g/mol. The van der Waals surface area contributed by atoms with E-state index in [1.54, 1.807) is 0 Å². The number of primary amides is 1. The molecule has 15 heavy (non-hydrogen) atoms. The third kappa shape index (κ3) is 3.18. The van der Waals surface area contributed by atoms with Crippen molar-refractivity contribution in [1.29, 1.82) is 0 Å². The summed E-state index contributed by atoms with van der Waals surface area (Å²) in [5, 5.41) is 9.32. The van der Waals surface area contributed by atoms with Crippen molar-refractivity contribution in [3.05, 3.63) is 0 Å². The van der Waals surface area contributed by atoms with Crippen molar-refractivity contribution in [3.63, 3.8) is 0 Å². The lowest BCUT2D eigenvalue weighted by Gasteiger charge is -2.33. The second-order valence-corrected chi connectivity index (χ2v) is 4.25. The number of hydrogen-bond donors (Lipinski definition) is 2. The average Bonchev–Trinajstić information content (AvgIpc) is 2.44. The van der Waals surface area contributed by atoms with Gasteiger partial charge < -0.3 is 10.8 Å². The molecule has 0 saturated carbocycles. The van der Waals surface area contributed by atoms with Gasteiger partial charge in [0.25, 0.3) is 0 Å². The van der Waals surface area contributed by atoms with E-state index < -0.39 is 0 Å². The molecule has 0 aromatic heterocycles. The summed E-state index contributed by atoms with van der Waals surface area (Å²) in [5.74, 6) is -0.266. The molecule has 0 aromatic rings. The summed E-state index contributed by atoms with van der Waals surface area (Å²) in [6.45, 7) is 2.98. The van der Waals surface area contributed by atoms with E-state index in [1.807, 2.05) is 6.92 Å². The molecule has 1 saturated heterocycles. The number of rotatable bonds is 4. The lowest BCUT2D eigenvalue weighted by Crippen LogP contribution is -2.50. The van der Waals surface area contributed by atoms with Crippen molar-refractivity contribution < 1.29 is 9.90 Å². The minimum atomic E-state index is -0.266. The highest BCUT2D eigenvalue weighted by Crippen LogP contribution is 2.20. The van der Waals surface area contributed by atoms with Crippen LogP contribution in [0.2, 0.25) is 0 Å². The van der Waals surface area contributed by atoms with Gasteiger partial charge in [-0.1, -0.05) is 19.8 Å². The topological polar surface area (TPSA) is 66.6 Å². The standard InChI is InChI=1S/C11H22N2O2/c1-2-10(11(12)15)13-7-5-3-4-6-9(13)8-14/h9-10,14H,2-8H2,1H3,(H2,12,15). The molecule has 1 heterocycles. The van der Waals surface area contributed by atoms with Crippen molar-refractivity contribution in [2.45, 2.75) is 51.1 Å². The Kier molecular flexibility index (Phi) is 5.05. The zero-order valence-electron chi connectivity index (χ0n) is 9.48. The fraction of sp³-hybridized carbons (Fsp3) is 0.909. The Bertz CT molecular complexity index is 209. The molecule has 1 aliphatic heterocycles. The lowest BCUT2D eigenvalue weighted by atomic mass is 10.1. The molecule has 0 aromatic carbocycles. The van der Waals surface area contributed by atoms with Crippen LogP contribution in [-0.4, -0.2) is 41.1 Å². The smallest absolute Gasteiger partial charge is 0.234 e. The molecule has 1 aliphatic rings. The van der Waals surface area contributed by atoms with Gasteiger partial charge in [-0.2, -0.15) is 0 Å². The van der Waals surface area contributed by atoms with E-state index in [0.29, 0.717) is 0 Å². The first-order valence-corrected chi connectivity index (χ1v) is 5.86. The minimum Gasteiger partial charge on any atom is -0.395 e. The van der Waals surface area contributed by atoms with Crippen LogP contribution in [0.1, 0.15) is 39.0 Å². The fourth-order valence-electron chi connectivity index (χ4n) is 2.41. The van der Waals surface area contributed by atoms with Crippen LogP contribution in [0.25, 0.3) is 0 Å². The van der Waals surface area contributed by atoms with E-state index in [2.05, 4.69) is 4.90 Å². The molecule has 0 radical (unpaired) electrons. The van der Waals surface area contributed by atoms with Crippen LogP contribution in [-0.2, 0) is 4.79 Å². The van der Waals surface area contributed by atoms with Crippen molar-refractivity contribution >= 4 is 5.91 Å². The van der Waals surface area contributed by atoms with E-state index in [0.717, 1.165) is 32.2 Å². The highest BCUT2D eigenvalue weighted by Gasteiger charge is 2.29. The largest absolute Gasteiger partial charge is 0.395 e. The Morgan fingerprint density at radius 2 is 2.27 bits per heavy atom. The SMILES string of the molecule is CCC(C(N)=O)N1CCCCCC1CO. The molecule has 88 valence electrons. The van der Waals surface area contributed by atoms with Gasteiger partial charge in [0.05, 0.1) is 12.6 Å². The Morgan fingerprint density at radius 1 is 1.53 bits per heavy atom. The van der Waals surface area contributed by atoms with Crippen LogP contribution < -0.4 is 5.73 Å². The van der Waals surface area contributed by atoms with E-state index in [1.165, 1.54) is 6.42 Å². The molecule has 4 nitrogen and oxygen atoms in total. The van der Waals surface area contributed by atoms with Crippen molar-refractivity contribution in [1.82, 2.24) is 4.90 Å². The van der Waals surface area contributed by atoms with Crippen molar-refractivity contribution in [2.75, 3.05) is 13.2 Å². The maximum absolute atomic E-state index is 11.3. The molecule has 0 spiro atoms. The zero-order valence-corrected chi connectivity index (χ0v) is 9.48. The van der Waals surface area contributed by atoms with E-state index >= 15 is 0 Å². The molecule has 2 unspecified atom stereocenters. The lowest BCUT2D eigenvalue weighted by molar-refractivity contribution is -0.124. The van der Waals surface area contributed by atoms with Gasteiger partial charge in [0.1, 0.15) is 0 Å². The number of aliphatic hydroxyl groups excluding tert-OH is 1. The first-order chi connectivity index (χ1) is 7.20. The molecule has 1 rings (SSSR count). The van der Waals surface area contributed by atoms with Gasteiger partial charge in [0.15, 0.2) is 0 Å². The van der Waals surface area contributed by atoms with Crippen molar-refractivity contribution in [2.24, 2.45) is 5.73 Å². The molecule has 0 aliphatic carbocycles. The highest BCUT2D eigenvalue weighted by atomic mass is 16.3. The van der Waals surface area contributed by atoms with Gasteiger partial charge >= 0.3 is 0 Å². The van der Waals surface area contributed by atoms with E-state index in [-0.39, 0.29) is 24.6 Å². The predicted molar refractivity (Wildman–Crippen MR) is 59.3 cm³/mol. The fourth-order valence-corrected chi connectivity index (χ4v) is 2.41. The second kappa shape index (κ2) is 6.08. The Hall–Kier alpha value is -0.610. The minimum absolute atomic E-state index is 0.116. The quantitative estimate of drug-likeness (QED) is 0.715. The maximum Gasteiger partial charge on any atom is 0.234 e. The molecule has 3 N–H and O–H groups in total. The van der Waals surface area contributed by atoms with E-state index in [4.69, 9.17) is 5.73 Å². The van der Waals surface area contributed by atoms with Crippen LogP contribution in [0.5, 0.6) is 0 Å². The second-order valence-electron chi connectivity index (χ2n) is 4.25. The summed E-state index contributed by atoms with van der Waals surface area (Å²) in [4.78, 5) is 13.4. The highest BCUT2D eigenvalue weighted by molar-refractivity contribution is 5.79. The Morgan fingerprint density at radius 3 is 2.80 bits per heavy atom. The van der Waals surface area contributed by atoms with Crippen LogP contribution >= 0.6 is 0 Å². The monoisotopic (exact) mass is 214 g/mol. The summed E-state index contributed by atoms with van der Waals surface area (Å²) in [5.41, 5.74) is 5.38. The summed E-state index contributed by atoms with van der Waals surface area (Å²) < 4.78 is 0. The average molecular weight is 214 g/mol. The first kappa shape index (κ1) is 12.5. The number of carbonyl (C=O) groups is 1. The van der Waals surface area contributed by atoms with Gasteiger partial charge in [-0.3, -0.25) is 9.69 Å². The van der Waals surface area contributed by atoms with Gasteiger partial charge in [-0.15, -0.1) is 0 Å². The predicted octanol–water partition coefficient (Wildman–Crippen LogP) is 0.487. The van der Waals surface area contributed by atoms with Crippen LogP contribution in [0.3, 0.4) is 0 Å². The summed E-state index contributed by atoms with van der Waals surface area (Å²) >= 11 is 0. The van der Waals surface area contributed by atoms with Crippen molar-refractivity contribution in [3.8, 4) is 0 Å². The molecule has 0 bridgehead atoms. The van der Waals surface area contributed by atoms with Gasteiger partial charge in [0, 0.05) is 6.04 Å². The summed E-state index contributed by atoms with van der Waals surface area (Å²) in [6, 6.07) is -0.0924. The van der Waals surface area contributed by atoms with Crippen LogP contribution in [0, 0.1) is 0 Å². The number of carbonyl (C=O) groups excluding carboxylic acids is 1. The van der Waals surface area contributed by atoms with Gasteiger partial charge in [0.2, 0.25) is 5.91 Å². The molecule has 1 fully saturated rings. The number of nitrogens with zero attached hydrogens (tertiary/aromatic N) is 1. The number of aliphatic hydroxyl groups is 1. The van der Waals surface area contributed by atoms with E-state index in [9.17, 15) is 9.90 Å². The molecule has 2 atom stereocenters. The van der Waals surface area contributed by atoms with Crippen LogP contribution in [0.15, 0.2) is 0 Å². The number of nitrogens with two attached hydrogens (primary N) is 1. The molecular formula is C11H22N2O2. The maximum atomic E-state index is 11.3. The number of amides is 1.